The van der Waals surface area contributed by atoms with Crippen molar-refractivity contribution in [3.63, 3.8) is 0 Å². The van der Waals surface area contributed by atoms with Gasteiger partial charge in [-0.15, -0.1) is 12.4 Å². The van der Waals surface area contributed by atoms with Gasteiger partial charge in [-0.2, -0.15) is 8.78 Å². The molecule has 1 amide bonds. The van der Waals surface area contributed by atoms with E-state index in [0.717, 1.165) is 25.1 Å². The SMILES string of the molecule is CNCCCNC(=O)c1ccc(S(=O)(=O)C(F)F)cc1.Cl. The van der Waals surface area contributed by atoms with Crippen LogP contribution >= 0.6 is 12.4 Å². The third kappa shape index (κ3) is 5.56. The van der Waals surface area contributed by atoms with Crippen molar-refractivity contribution >= 4 is 28.2 Å². The number of rotatable bonds is 7. The first-order valence-corrected chi connectivity index (χ1v) is 7.49. The number of benzene rings is 1. The quantitative estimate of drug-likeness (QED) is 0.735. The van der Waals surface area contributed by atoms with Gasteiger partial charge in [0.2, 0.25) is 9.84 Å². The van der Waals surface area contributed by atoms with Crippen LogP contribution in [0, 0.1) is 0 Å². The van der Waals surface area contributed by atoms with E-state index in [1.54, 1.807) is 7.05 Å². The third-order valence-corrected chi connectivity index (χ3v) is 3.97. The van der Waals surface area contributed by atoms with Crippen molar-refractivity contribution in [3.8, 4) is 0 Å². The van der Waals surface area contributed by atoms with E-state index in [0.29, 0.717) is 6.54 Å². The van der Waals surface area contributed by atoms with Crippen LogP contribution in [0.5, 0.6) is 0 Å². The molecule has 0 aliphatic rings. The summed E-state index contributed by atoms with van der Waals surface area (Å²) in [5.74, 6) is -3.84. The van der Waals surface area contributed by atoms with Crippen molar-refractivity contribution in [1.82, 2.24) is 10.6 Å². The molecule has 1 aromatic carbocycles. The molecule has 0 heterocycles. The Bertz CT molecular complexity index is 550. The van der Waals surface area contributed by atoms with E-state index in [1.165, 1.54) is 12.1 Å². The minimum absolute atomic E-state index is 0. The van der Waals surface area contributed by atoms with Gasteiger partial charge in [0.1, 0.15) is 0 Å². The molecule has 0 spiro atoms. The normalized spacial score (nSPS) is 11.0. The molecule has 9 heteroatoms. The lowest BCUT2D eigenvalue weighted by Crippen LogP contribution is -2.26. The summed E-state index contributed by atoms with van der Waals surface area (Å²) in [7, 11) is -2.82. The maximum absolute atomic E-state index is 12.3. The summed E-state index contributed by atoms with van der Waals surface area (Å²) in [4.78, 5) is 11.2. The molecule has 0 aliphatic heterocycles. The fourth-order valence-electron chi connectivity index (χ4n) is 1.47. The van der Waals surface area contributed by atoms with E-state index in [2.05, 4.69) is 10.6 Å². The van der Waals surface area contributed by atoms with Crippen LogP contribution in [0.15, 0.2) is 29.2 Å². The summed E-state index contributed by atoms with van der Waals surface area (Å²) in [5, 5.41) is 5.57. The second-order valence-electron chi connectivity index (χ2n) is 4.04. The van der Waals surface area contributed by atoms with E-state index >= 15 is 0 Å². The summed E-state index contributed by atoms with van der Waals surface area (Å²) in [5.41, 5.74) is 0.225. The second kappa shape index (κ2) is 8.91. The number of carbonyl (C=O) groups is 1. The van der Waals surface area contributed by atoms with Gasteiger partial charge in [0.25, 0.3) is 5.91 Å². The standard InChI is InChI=1S/C12H16F2N2O3S.ClH/c1-15-7-2-8-16-11(17)9-3-5-10(6-4-9)20(18,19)12(13)14;/h3-6,12,15H,2,7-8H2,1H3,(H,16,17);1H. The molecule has 1 rings (SSSR count). The van der Waals surface area contributed by atoms with Crippen molar-refractivity contribution in [2.24, 2.45) is 0 Å². The van der Waals surface area contributed by atoms with Crippen LogP contribution in [-0.4, -0.2) is 40.2 Å². The maximum Gasteiger partial charge on any atom is 0.341 e. The molecule has 0 bridgehead atoms. The average Bonchev–Trinajstić information content (AvgIpc) is 2.43. The number of sulfone groups is 1. The molecule has 0 aliphatic carbocycles. The van der Waals surface area contributed by atoms with E-state index in [4.69, 9.17) is 0 Å². The Hall–Kier alpha value is -1.25. The number of alkyl halides is 2. The molecule has 0 saturated heterocycles. The van der Waals surface area contributed by atoms with Crippen LogP contribution in [-0.2, 0) is 9.84 Å². The van der Waals surface area contributed by atoms with E-state index in [9.17, 15) is 22.0 Å². The summed E-state index contributed by atoms with van der Waals surface area (Å²) in [6, 6.07) is 4.43. The largest absolute Gasteiger partial charge is 0.352 e. The number of carbonyl (C=O) groups excluding carboxylic acids is 1. The predicted molar refractivity (Wildman–Crippen MR) is 77.8 cm³/mol. The fraction of sp³-hybridized carbons (Fsp3) is 0.417. The Balaban J connectivity index is 0.00000400. The molecule has 0 radical (unpaired) electrons. The molecule has 0 unspecified atom stereocenters. The lowest BCUT2D eigenvalue weighted by atomic mass is 10.2. The number of hydrogen-bond acceptors (Lipinski definition) is 4. The molecule has 21 heavy (non-hydrogen) atoms. The highest BCUT2D eigenvalue weighted by atomic mass is 35.5. The Kier molecular flexibility index (Phi) is 8.38. The van der Waals surface area contributed by atoms with Crippen molar-refractivity contribution in [1.29, 1.82) is 0 Å². The van der Waals surface area contributed by atoms with E-state index in [1.807, 2.05) is 0 Å². The van der Waals surface area contributed by atoms with Gasteiger partial charge in [0, 0.05) is 12.1 Å². The van der Waals surface area contributed by atoms with Crippen LogP contribution in [0.3, 0.4) is 0 Å². The smallest absolute Gasteiger partial charge is 0.341 e. The van der Waals surface area contributed by atoms with Crippen molar-refractivity contribution in [2.45, 2.75) is 17.1 Å². The lowest BCUT2D eigenvalue weighted by molar-refractivity contribution is 0.0953. The van der Waals surface area contributed by atoms with Gasteiger partial charge < -0.3 is 10.6 Å². The molecule has 120 valence electrons. The highest BCUT2D eigenvalue weighted by molar-refractivity contribution is 7.91. The first-order valence-electron chi connectivity index (χ1n) is 5.94. The zero-order valence-corrected chi connectivity index (χ0v) is 12.9. The molecule has 0 fully saturated rings. The summed E-state index contributed by atoms with van der Waals surface area (Å²) >= 11 is 0. The van der Waals surface area contributed by atoms with Gasteiger partial charge >= 0.3 is 5.76 Å². The first-order chi connectivity index (χ1) is 9.39. The summed E-state index contributed by atoms with van der Waals surface area (Å²) in [6.07, 6.45) is 0.750. The Labute approximate surface area is 128 Å². The van der Waals surface area contributed by atoms with Crippen LogP contribution in [0.25, 0.3) is 0 Å². The first kappa shape index (κ1) is 19.8. The maximum atomic E-state index is 12.3. The van der Waals surface area contributed by atoms with Gasteiger partial charge in [0.15, 0.2) is 0 Å². The van der Waals surface area contributed by atoms with Crippen LogP contribution < -0.4 is 10.6 Å². The molecule has 0 atom stereocenters. The van der Waals surface area contributed by atoms with E-state index in [-0.39, 0.29) is 23.9 Å². The topological polar surface area (TPSA) is 75.3 Å². The van der Waals surface area contributed by atoms with E-state index < -0.39 is 20.5 Å². The Morgan fingerprint density at radius 1 is 1.19 bits per heavy atom. The Morgan fingerprint density at radius 3 is 2.24 bits per heavy atom. The summed E-state index contributed by atoms with van der Waals surface area (Å²) < 4.78 is 47.0. The molecular formula is C12H17ClF2N2O3S. The monoisotopic (exact) mass is 342 g/mol. The van der Waals surface area contributed by atoms with Gasteiger partial charge in [-0.3, -0.25) is 4.79 Å². The average molecular weight is 343 g/mol. The molecule has 0 aromatic heterocycles. The van der Waals surface area contributed by atoms with Gasteiger partial charge in [-0.1, -0.05) is 0 Å². The molecule has 5 nitrogen and oxygen atoms in total. The fourth-order valence-corrected chi connectivity index (χ4v) is 2.19. The molecular weight excluding hydrogens is 326 g/mol. The highest BCUT2D eigenvalue weighted by Crippen LogP contribution is 2.18. The predicted octanol–water partition coefficient (Wildman–Crippen LogP) is 1.44. The number of hydrogen-bond donors (Lipinski definition) is 2. The molecule has 0 saturated carbocycles. The summed E-state index contributed by atoms with van der Waals surface area (Å²) in [6.45, 7) is 1.22. The molecule has 1 aromatic rings. The van der Waals surface area contributed by atoms with Crippen LogP contribution in [0.4, 0.5) is 8.78 Å². The van der Waals surface area contributed by atoms with Crippen LogP contribution in [0.1, 0.15) is 16.8 Å². The third-order valence-electron chi connectivity index (χ3n) is 2.57. The number of nitrogens with one attached hydrogen (secondary N) is 2. The van der Waals surface area contributed by atoms with Crippen molar-refractivity contribution in [3.05, 3.63) is 29.8 Å². The van der Waals surface area contributed by atoms with Crippen LogP contribution in [0.2, 0.25) is 0 Å². The van der Waals surface area contributed by atoms with Crippen molar-refractivity contribution < 1.29 is 22.0 Å². The van der Waals surface area contributed by atoms with Gasteiger partial charge in [0.05, 0.1) is 4.90 Å². The second-order valence-corrected chi connectivity index (χ2v) is 5.96. The minimum atomic E-state index is -4.62. The lowest BCUT2D eigenvalue weighted by Gasteiger charge is -2.06. The molecule has 2 N–H and O–H groups in total. The Morgan fingerprint density at radius 2 is 1.76 bits per heavy atom. The highest BCUT2D eigenvalue weighted by Gasteiger charge is 2.26. The zero-order chi connectivity index (χ0) is 15.2. The van der Waals surface area contributed by atoms with Crippen molar-refractivity contribution in [2.75, 3.05) is 20.1 Å². The minimum Gasteiger partial charge on any atom is -0.352 e. The van der Waals surface area contributed by atoms with Gasteiger partial charge in [-0.25, -0.2) is 8.42 Å². The number of amides is 1. The number of halogens is 3. The van der Waals surface area contributed by atoms with Gasteiger partial charge in [-0.05, 0) is 44.3 Å². The zero-order valence-electron chi connectivity index (χ0n) is 11.3.